The van der Waals surface area contributed by atoms with Crippen LogP contribution in [0, 0.1) is 0 Å². The molecule has 0 saturated heterocycles. The zero-order chi connectivity index (χ0) is 12.3. The summed E-state index contributed by atoms with van der Waals surface area (Å²) in [7, 11) is 1.70. The van der Waals surface area contributed by atoms with Crippen LogP contribution in [0.2, 0.25) is 0 Å². The number of hydrogen-bond donors (Lipinski definition) is 1. The highest BCUT2D eigenvalue weighted by Crippen LogP contribution is 2.34. The fourth-order valence-electron chi connectivity index (χ4n) is 1.88. The molecule has 5 heteroatoms. The van der Waals surface area contributed by atoms with Crippen LogP contribution in [0.3, 0.4) is 0 Å². The number of benzene rings is 1. The zero-order valence-electron chi connectivity index (χ0n) is 9.53. The number of nitrogens with one attached hydrogen (secondary N) is 1. The minimum absolute atomic E-state index is 0.308. The second-order valence-corrected chi connectivity index (χ2v) is 5.08. The molecule has 0 radical (unpaired) electrons. The van der Waals surface area contributed by atoms with Crippen LogP contribution < -0.4 is 5.32 Å². The van der Waals surface area contributed by atoms with Gasteiger partial charge in [-0.1, -0.05) is 23.9 Å². The molecule has 0 unspecified atom stereocenters. The fraction of sp³-hybridized carbons (Fsp3) is 0.500. The first kappa shape index (κ1) is 12.6. The Bertz CT molecular complexity index is 369. The molecule has 17 heavy (non-hydrogen) atoms. The molecular weight excluding hydrogens is 244 g/mol. The summed E-state index contributed by atoms with van der Waals surface area (Å²) < 4.78 is 29.9. The molecule has 0 bridgehead atoms. The van der Waals surface area contributed by atoms with Gasteiger partial charge in [0.2, 0.25) is 0 Å². The summed E-state index contributed by atoms with van der Waals surface area (Å²) in [6.45, 7) is 0. The topological polar surface area (TPSA) is 21.3 Å². The van der Waals surface area contributed by atoms with Crippen molar-refractivity contribution >= 4 is 17.4 Å². The van der Waals surface area contributed by atoms with Crippen molar-refractivity contribution in [1.82, 2.24) is 0 Å². The first-order valence-electron chi connectivity index (χ1n) is 5.52. The molecule has 1 aromatic rings. The van der Waals surface area contributed by atoms with Crippen LogP contribution in [0.4, 0.5) is 14.5 Å². The molecule has 1 saturated carbocycles. The molecule has 94 valence electrons. The molecule has 0 spiro atoms. The largest absolute Gasteiger partial charge is 0.381 e. The summed E-state index contributed by atoms with van der Waals surface area (Å²) in [5.41, 5.74) is 0.789. The maximum atomic E-state index is 12.4. The SMILES string of the molecule is COC1CC(Nc2ccccc2SC(F)F)C1. The van der Waals surface area contributed by atoms with E-state index in [1.54, 1.807) is 19.2 Å². The van der Waals surface area contributed by atoms with E-state index in [1.165, 1.54) is 0 Å². The summed E-state index contributed by atoms with van der Waals surface area (Å²) in [4.78, 5) is 0.600. The third-order valence-corrected chi connectivity index (χ3v) is 3.68. The number of rotatable bonds is 5. The van der Waals surface area contributed by atoms with E-state index >= 15 is 0 Å². The van der Waals surface area contributed by atoms with Gasteiger partial charge in [-0.05, 0) is 25.0 Å². The highest BCUT2D eigenvalue weighted by atomic mass is 32.2. The predicted molar refractivity (Wildman–Crippen MR) is 65.7 cm³/mol. The van der Waals surface area contributed by atoms with Gasteiger partial charge >= 0.3 is 0 Å². The van der Waals surface area contributed by atoms with Gasteiger partial charge in [-0.3, -0.25) is 0 Å². The van der Waals surface area contributed by atoms with E-state index in [-0.39, 0.29) is 0 Å². The summed E-state index contributed by atoms with van der Waals surface area (Å²) in [5.74, 6) is -2.38. The number of hydrogen-bond acceptors (Lipinski definition) is 3. The number of halogens is 2. The van der Waals surface area contributed by atoms with Crippen molar-refractivity contribution in [2.45, 2.75) is 35.6 Å². The van der Waals surface area contributed by atoms with Crippen molar-refractivity contribution in [3.63, 3.8) is 0 Å². The van der Waals surface area contributed by atoms with Crippen LogP contribution in [-0.4, -0.2) is 25.0 Å². The van der Waals surface area contributed by atoms with Crippen molar-refractivity contribution in [3.05, 3.63) is 24.3 Å². The second kappa shape index (κ2) is 5.69. The zero-order valence-corrected chi connectivity index (χ0v) is 10.3. The van der Waals surface area contributed by atoms with Crippen LogP contribution in [0.25, 0.3) is 0 Å². The Morgan fingerprint density at radius 1 is 1.35 bits per heavy atom. The van der Waals surface area contributed by atoms with E-state index in [4.69, 9.17) is 4.74 Å². The van der Waals surface area contributed by atoms with Gasteiger partial charge in [-0.25, -0.2) is 0 Å². The summed E-state index contributed by atoms with van der Waals surface area (Å²) >= 11 is 0.581. The Labute approximate surface area is 104 Å². The van der Waals surface area contributed by atoms with Gasteiger partial charge in [0.1, 0.15) is 0 Å². The van der Waals surface area contributed by atoms with Crippen LogP contribution in [0.15, 0.2) is 29.2 Å². The molecule has 1 aliphatic carbocycles. The lowest BCUT2D eigenvalue weighted by molar-refractivity contribution is 0.0328. The molecule has 2 rings (SSSR count). The van der Waals surface area contributed by atoms with Gasteiger partial charge in [-0.15, -0.1) is 0 Å². The van der Waals surface area contributed by atoms with Crippen LogP contribution in [-0.2, 0) is 4.74 Å². The summed E-state index contributed by atoms with van der Waals surface area (Å²) in [5, 5.41) is 3.28. The van der Waals surface area contributed by atoms with E-state index in [1.807, 2.05) is 12.1 Å². The second-order valence-electron chi connectivity index (χ2n) is 4.05. The lowest BCUT2D eigenvalue weighted by Gasteiger charge is -2.35. The highest BCUT2D eigenvalue weighted by Gasteiger charge is 2.29. The maximum Gasteiger partial charge on any atom is 0.288 e. The number of alkyl halides is 2. The number of ether oxygens (including phenoxy) is 1. The lowest BCUT2D eigenvalue weighted by Crippen LogP contribution is -2.40. The first-order chi connectivity index (χ1) is 8.19. The molecule has 0 aromatic heterocycles. The average Bonchev–Trinajstić information content (AvgIpc) is 2.24. The van der Waals surface area contributed by atoms with Crippen LogP contribution >= 0.6 is 11.8 Å². The van der Waals surface area contributed by atoms with Crippen molar-refractivity contribution in [2.24, 2.45) is 0 Å². The van der Waals surface area contributed by atoms with Gasteiger partial charge in [0.25, 0.3) is 5.76 Å². The standard InChI is InChI=1S/C12H15F2NOS/c1-16-9-6-8(7-9)15-10-4-2-3-5-11(10)17-12(13)14/h2-5,8-9,12,15H,6-7H2,1H3. The van der Waals surface area contributed by atoms with E-state index in [0.29, 0.717) is 28.8 Å². The van der Waals surface area contributed by atoms with Crippen LogP contribution in [0.1, 0.15) is 12.8 Å². The third-order valence-electron chi connectivity index (χ3n) is 2.89. The van der Waals surface area contributed by atoms with Crippen molar-refractivity contribution in [2.75, 3.05) is 12.4 Å². The molecule has 1 aliphatic rings. The Kier molecular flexibility index (Phi) is 4.23. The number of methoxy groups -OCH3 is 1. The molecule has 1 aromatic carbocycles. The van der Waals surface area contributed by atoms with Crippen molar-refractivity contribution in [1.29, 1.82) is 0 Å². The van der Waals surface area contributed by atoms with Crippen LogP contribution in [0.5, 0.6) is 0 Å². The Hall–Kier alpha value is -0.810. The number of anilines is 1. The molecule has 1 fully saturated rings. The molecule has 0 heterocycles. The van der Waals surface area contributed by atoms with Crippen molar-refractivity contribution in [3.8, 4) is 0 Å². The molecule has 0 atom stereocenters. The minimum atomic E-state index is -2.38. The number of thioether (sulfide) groups is 1. The fourth-order valence-corrected chi connectivity index (χ4v) is 2.48. The third kappa shape index (κ3) is 3.33. The quantitative estimate of drug-likeness (QED) is 0.816. The maximum absolute atomic E-state index is 12.4. The van der Waals surface area contributed by atoms with E-state index in [2.05, 4.69) is 5.32 Å². The summed E-state index contributed by atoms with van der Waals surface area (Å²) in [6, 6.07) is 7.51. The average molecular weight is 259 g/mol. The normalized spacial score (nSPS) is 23.5. The molecule has 0 amide bonds. The van der Waals surface area contributed by atoms with Gasteiger partial charge < -0.3 is 10.1 Å². The summed E-state index contributed by atoms with van der Waals surface area (Å²) in [6.07, 6.45) is 2.18. The Morgan fingerprint density at radius 2 is 2.06 bits per heavy atom. The Balaban J connectivity index is 1.96. The first-order valence-corrected chi connectivity index (χ1v) is 6.40. The highest BCUT2D eigenvalue weighted by molar-refractivity contribution is 7.99. The molecule has 1 N–H and O–H groups in total. The van der Waals surface area contributed by atoms with E-state index in [9.17, 15) is 8.78 Å². The van der Waals surface area contributed by atoms with E-state index in [0.717, 1.165) is 18.5 Å². The van der Waals surface area contributed by atoms with Gasteiger partial charge in [0.15, 0.2) is 0 Å². The minimum Gasteiger partial charge on any atom is -0.381 e. The van der Waals surface area contributed by atoms with Crippen molar-refractivity contribution < 1.29 is 13.5 Å². The molecular formula is C12H15F2NOS. The monoisotopic (exact) mass is 259 g/mol. The van der Waals surface area contributed by atoms with Gasteiger partial charge in [0.05, 0.1) is 6.10 Å². The Morgan fingerprint density at radius 3 is 2.71 bits per heavy atom. The smallest absolute Gasteiger partial charge is 0.288 e. The predicted octanol–water partition coefficient (Wildman–Crippen LogP) is 3.59. The molecule has 0 aliphatic heterocycles. The van der Waals surface area contributed by atoms with E-state index < -0.39 is 5.76 Å². The lowest BCUT2D eigenvalue weighted by atomic mass is 9.89. The van der Waals surface area contributed by atoms with Gasteiger partial charge in [-0.2, -0.15) is 8.78 Å². The van der Waals surface area contributed by atoms with Gasteiger partial charge in [0, 0.05) is 23.7 Å². The molecule has 2 nitrogen and oxygen atoms in total. The number of para-hydroxylation sites is 1.